The molecule has 0 fully saturated rings. The lowest BCUT2D eigenvalue weighted by Crippen LogP contribution is -2.30. The van der Waals surface area contributed by atoms with E-state index in [1.165, 1.54) is 0 Å². The van der Waals surface area contributed by atoms with Gasteiger partial charge in [0, 0.05) is 32.0 Å². The number of hydrogen-bond acceptors (Lipinski definition) is 4. The van der Waals surface area contributed by atoms with Crippen molar-refractivity contribution in [1.82, 2.24) is 10.6 Å². The smallest absolute Gasteiger partial charge is 0.253 e. The molecule has 0 heterocycles. The molecule has 0 saturated heterocycles. The second-order valence-corrected chi connectivity index (χ2v) is 5.71. The molecule has 25 heavy (non-hydrogen) atoms. The summed E-state index contributed by atoms with van der Waals surface area (Å²) in [7, 11) is 0. The number of rotatable bonds is 9. The average Bonchev–Trinajstić information content (AvgIpc) is 2.52. The van der Waals surface area contributed by atoms with E-state index in [4.69, 9.17) is 5.73 Å². The fourth-order valence-electron chi connectivity index (χ4n) is 2.09. The highest BCUT2D eigenvalue weighted by atomic mass is 35.5. The first kappa shape index (κ1) is 22.9. The van der Waals surface area contributed by atoms with Crippen LogP contribution in [0.15, 0.2) is 24.3 Å². The number of nitrogens with two attached hydrogens (primary N) is 1. The average molecular weight is 371 g/mol. The minimum absolute atomic E-state index is 0. The Morgan fingerprint density at radius 1 is 1.08 bits per heavy atom. The molecular formula is C17H27ClN4O3. The number of benzene rings is 1. The summed E-state index contributed by atoms with van der Waals surface area (Å²) in [6, 6.07) is 6.86. The van der Waals surface area contributed by atoms with Crippen molar-refractivity contribution in [3.05, 3.63) is 29.8 Å². The van der Waals surface area contributed by atoms with Crippen LogP contribution in [0.2, 0.25) is 0 Å². The summed E-state index contributed by atoms with van der Waals surface area (Å²) < 4.78 is 0. The van der Waals surface area contributed by atoms with Crippen LogP contribution in [-0.4, -0.2) is 36.9 Å². The van der Waals surface area contributed by atoms with Gasteiger partial charge in [0.1, 0.15) is 0 Å². The second-order valence-electron chi connectivity index (χ2n) is 5.71. The van der Waals surface area contributed by atoms with Gasteiger partial charge in [0.05, 0.1) is 11.3 Å². The molecule has 0 atom stereocenters. The summed E-state index contributed by atoms with van der Waals surface area (Å²) >= 11 is 0. The third kappa shape index (κ3) is 9.07. The molecule has 0 aliphatic carbocycles. The molecule has 140 valence electrons. The van der Waals surface area contributed by atoms with Gasteiger partial charge in [0.15, 0.2) is 0 Å². The Bertz CT molecular complexity index is 579. The summed E-state index contributed by atoms with van der Waals surface area (Å²) in [5, 5.41) is 8.17. The van der Waals surface area contributed by atoms with E-state index in [0.29, 0.717) is 37.2 Å². The van der Waals surface area contributed by atoms with Crippen LogP contribution in [0.4, 0.5) is 5.69 Å². The number of nitrogens with one attached hydrogen (secondary N) is 3. The van der Waals surface area contributed by atoms with Crippen molar-refractivity contribution in [2.75, 3.05) is 18.4 Å². The van der Waals surface area contributed by atoms with Gasteiger partial charge >= 0.3 is 0 Å². The molecule has 8 heteroatoms. The molecule has 0 aliphatic rings. The topological polar surface area (TPSA) is 113 Å². The van der Waals surface area contributed by atoms with Crippen molar-refractivity contribution in [1.29, 1.82) is 0 Å². The molecule has 0 aromatic heterocycles. The molecule has 0 unspecified atom stereocenters. The SMILES string of the molecule is CC(C)NC(=O)CCCC(=O)Nc1ccccc1C(=O)NCCN.Cl. The molecule has 3 amide bonds. The van der Waals surface area contributed by atoms with Crippen molar-refractivity contribution in [2.24, 2.45) is 5.73 Å². The van der Waals surface area contributed by atoms with Crippen LogP contribution >= 0.6 is 12.4 Å². The predicted octanol–water partition coefficient (Wildman–Crippen LogP) is 1.43. The predicted molar refractivity (Wildman–Crippen MR) is 101 cm³/mol. The third-order valence-corrected chi connectivity index (χ3v) is 3.13. The van der Waals surface area contributed by atoms with E-state index in [1.807, 2.05) is 13.8 Å². The molecular weight excluding hydrogens is 344 g/mol. The molecule has 0 saturated carbocycles. The highest BCUT2D eigenvalue weighted by Crippen LogP contribution is 2.15. The van der Waals surface area contributed by atoms with E-state index in [9.17, 15) is 14.4 Å². The number of hydrogen-bond donors (Lipinski definition) is 4. The maximum atomic E-state index is 12.0. The maximum Gasteiger partial charge on any atom is 0.253 e. The van der Waals surface area contributed by atoms with Crippen LogP contribution in [0.25, 0.3) is 0 Å². The molecule has 0 aliphatic heterocycles. The normalized spacial score (nSPS) is 9.92. The van der Waals surface area contributed by atoms with Crippen LogP contribution in [0.3, 0.4) is 0 Å². The Hall–Kier alpha value is -2.12. The fourth-order valence-corrected chi connectivity index (χ4v) is 2.09. The van der Waals surface area contributed by atoms with Crippen molar-refractivity contribution in [2.45, 2.75) is 39.2 Å². The zero-order valence-electron chi connectivity index (χ0n) is 14.6. The van der Waals surface area contributed by atoms with Gasteiger partial charge in [0.2, 0.25) is 11.8 Å². The molecule has 1 aromatic rings. The lowest BCUT2D eigenvalue weighted by molar-refractivity contribution is -0.121. The van der Waals surface area contributed by atoms with Crippen LogP contribution in [0.5, 0.6) is 0 Å². The molecule has 5 N–H and O–H groups in total. The highest BCUT2D eigenvalue weighted by Gasteiger charge is 2.13. The van der Waals surface area contributed by atoms with Crippen molar-refractivity contribution >= 4 is 35.8 Å². The van der Waals surface area contributed by atoms with Gasteiger partial charge in [-0.25, -0.2) is 0 Å². The minimum Gasteiger partial charge on any atom is -0.354 e. The second kappa shape index (κ2) is 12.3. The fraction of sp³-hybridized carbons (Fsp3) is 0.471. The molecule has 0 bridgehead atoms. The molecule has 1 aromatic carbocycles. The first-order chi connectivity index (χ1) is 11.4. The van der Waals surface area contributed by atoms with E-state index >= 15 is 0 Å². The number of anilines is 1. The largest absolute Gasteiger partial charge is 0.354 e. The number of carbonyl (C=O) groups excluding carboxylic acids is 3. The van der Waals surface area contributed by atoms with E-state index in [1.54, 1.807) is 24.3 Å². The lowest BCUT2D eigenvalue weighted by atomic mass is 10.1. The number of amides is 3. The summed E-state index contributed by atoms with van der Waals surface area (Å²) in [4.78, 5) is 35.6. The standard InChI is InChI=1S/C17H26N4O3.ClH/c1-12(2)20-15(22)8-5-9-16(23)21-14-7-4-3-6-13(14)17(24)19-11-10-18;/h3-4,6-7,12H,5,8-11,18H2,1-2H3,(H,19,24)(H,20,22)(H,21,23);1H. The van der Waals surface area contributed by atoms with Crippen LogP contribution in [0, 0.1) is 0 Å². The Balaban J connectivity index is 0.00000576. The zero-order chi connectivity index (χ0) is 17.9. The van der Waals surface area contributed by atoms with Gasteiger partial charge in [0.25, 0.3) is 5.91 Å². The van der Waals surface area contributed by atoms with Gasteiger partial charge in [-0.05, 0) is 32.4 Å². The molecule has 0 spiro atoms. The van der Waals surface area contributed by atoms with Crippen LogP contribution in [0.1, 0.15) is 43.5 Å². The van der Waals surface area contributed by atoms with Crippen LogP contribution in [-0.2, 0) is 9.59 Å². The van der Waals surface area contributed by atoms with E-state index < -0.39 is 0 Å². The first-order valence-corrected chi connectivity index (χ1v) is 8.10. The number of carbonyl (C=O) groups is 3. The summed E-state index contributed by atoms with van der Waals surface area (Å²) in [6.07, 6.45) is 0.959. The number of para-hydroxylation sites is 1. The van der Waals surface area contributed by atoms with Gasteiger partial charge in [-0.2, -0.15) is 0 Å². The van der Waals surface area contributed by atoms with E-state index in [2.05, 4.69) is 16.0 Å². The lowest BCUT2D eigenvalue weighted by Gasteiger charge is -2.11. The molecule has 0 radical (unpaired) electrons. The molecule has 1 rings (SSSR count). The van der Waals surface area contributed by atoms with Gasteiger partial charge in [-0.15, -0.1) is 12.4 Å². The summed E-state index contributed by atoms with van der Waals surface area (Å²) in [5.74, 6) is -0.585. The van der Waals surface area contributed by atoms with Gasteiger partial charge in [-0.1, -0.05) is 12.1 Å². The Labute approximate surface area is 154 Å². The highest BCUT2D eigenvalue weighted by molar-refractivity contribution is 6.03. The maximum absolute atomic E-state index is 12.0. The molecule has 7 nitrogen and oxygen atoms in total. The Morgan fingerprint density at radius 2 is 1.72 bits per heavy atom. The van der Waals surface area contributed by atoms with E-state index in [-0.39, 0.29) is 42.6 Å². The minimum atomic E-state index is -0.285. The van der Waals surface area contributed by atoms with Crippen molar-refractivity contribution < 1.29 is 14.4 Å². The summed E-state index contributed by atoms with van der Waals surface area (Å²) in [5.41, 5.74) is 6.20. The quantitative estimate of drug-likeness (QED) is 0.526. The van der Waals surface area contributed by atoms with Crippen molar-refractivity contribution in [3.63, 3.8) is 0 Å². The van der Waals surface area contributed by atoms with Crippen LogP contribution < -0.4 is 21.7 Å². The van der Waals surface area contributed by atoms with Crippen molar-refractivity contribution in [3.8, 4) is 0 Å². The summed E-state index contributed by atoms with van der Waals surface area (Å²) in [6.45, 7) is 4.49. The third-order valence-electron chi connectivity index (χ3n) is 3.13. The van der Waals surface area contributed by atoms with E-state index in [0.717, 1.165) is 0 Å². The number of halogens is 1. The Morgan fingerprint density at radius 3 is 2.36 bits per heavy atom. The Kier molecular flexibility index (Phi) is 11.2. The zero-order valence-corrected chi connectivity index (χ0v) is 15.4. The van der Waals surface area contributed by atoms with Gasteiger partial charge in [-0.3, -0.25) is 14.4 Å². The first-order valence-electron chi connectivity index (χ1n) is 8.10. The van der Waals surface area contributed by atoms with Gasteiger partial charge < -0.3 is 21.7 Å². The monoisotopic (exact) mass is 370 g/mol.